The molecule has 0 spiro atoms. The van der Waals surface area contributed by atoms with E-state index in [-0.39, 0.29) is 5.91 Å². The molecule has 0 radical (unpaired) electrons. The van der Waals surface area contributed by atoms with E-state index in [0.29, 0.717) is 48.6 Å². The molecule has 1 aromatic heterocycles. The molecule has 30 heavy (non-hydrogen) atoms. The molecule has 0 saturated carbocycles. The van der Waals surface area contributed by atoms with Crippen LogP contribution in [0.1, 0.15) is 36.3 Å². The van der Waals surface area contributed by atoms with Crippen LogP contribution in [0.15, 0.2) is 23.1 Å². The van der Waals surface area contributed by atoms with Crippen molar-refractivity contribution in [3.63, 3.8) is 0 Å². The molecule has 2 atom stereocenters. The summed E-state index contributed by atoms with van der Waals surface area (Å²) < 4.78 is 28.2. The lowest BCUT2D eigenvalue weighted by Gasteiger charge is -2.34. The Balaban J connectivity index is 1.65. The number of hydrogen-bond acceptors (Lipinski definition) is 4. The number of nitrogens with one attached hydrogen (secondary N) is 1. The van der Waals surface area contributed by atoms with E-state index in [1.165, 1.54) is 0 Å². The first-order valence-electron chi connectivity index (χ1n) is 10.8. The summed E-state index contributed by atoms with van der Waals surface area (Å²) in [6, 6.07) is 5.16. The summed E-state index contributed by atoms with van der Waals surface area (Å²) in [5, 5.41) is 0.798. The number of amides is 1. The van der Waals surface area contributed by atoms with Crippen molar-refractivity contribution in [3.8, 4) is 0 Å². The summed E-state index contributed by atoms with van der Waals surface area (Å²) in [6.07, 6.45) is 1.06. The molecule has 0 aliphatic carbocycles. The van der Waals surface area contributed by atoms with E-state index in [1.807, 2.05) is 11.8 Å². The molecule has 7 nitrogen and oxygen atoms in total. The molecule has 2 aliphatic rings. The first-order valence-corrected chi connectivity index (χ1v) is 12.2. The fourth-order valence-corrected chi connectivity index (χ4v) is 6.51. The molecule has 8 heteroatoms. The highest BCUT2D eigenvalue weighted by Crippen LogP contribution is 2.30. The second kappa shape index (κ2) is 7.98. The van der Waals surface area contributed by atoms with Gasteiger partial charge in [-0.3, -0.25) is 4.79 Å². The van der Waals surface area contributed by atoms with Crippen LogP contribution in [-0.4, -0.2) is 79.7 Å². The second-order valence-corrected chi connectivity index (χ2v) is 11.1. The predicted octanol–water partition coefficient (Wildman–Crippen LogP) is 2.53. The Bertz CT molecular complexity index is 1040. The number of sulfonamides is 1. The van der Waals surface area contributed by atoms with Gasteiger partial charge in [-0.25, -0.2) is 8.42 Å². The molecular formula is C22H32N4O3S. The number of aryl methyl sites for hydroxylation is 1. The minimum absolute atomic E-state index is 0.0140. The molecule has 2 unspecified atom stereocenters. The molecule has 3 heterocycles. The number of fused-ring (bicyclic) bond motifs is 1. The van der Waals surface area contributed by atoms with Gasteiger partial charge in [-0.1, -0.05) is 13.8 Å². The summed E-state index contributed by atoms with van der Waals surface area (Å²) in [5.74, 6) is 0.697. The molecule has 2 fully saturated rings. The van der Waals surface area contributed by atoms with Crippen molar-refractivity contribution >= 4 is 26.8 Å². The number of aromatic amines is 1. The Morgan fingerprint density at radius 2 is 1.70 bits per heavy atom. The van der Waals surface area contributed by atoms with Gasteiger partial charge in [0.05, 0.1) is 4.90 Å². The van der Waals surface area contributed by atoms with E-state index in [2.05, 4.69) is 30.8 Å². The molecule has 1 N–H and O–H groups in total. The summed E-state index contributed by atoms with van der Waals surface area (Å²) in [4.78, 5) is 20.7. The van der Waals surface area contributed by atoms with Crippen LogP contribution in [0, 0.1) is 18.8 Å². The van der Waals surface area contributed by atoms with Crippen molar-refractivity contribution in [2.45, 2.75) is 32.1 Å². The van der Waals surface area contributed by atoms with E-state index in [9.17, 15) is 13.2 Å². The van der Waals surface area contributed by atoms with E-state index in [1.54, 1.807) is 22.5 Å². The Kier molecular flexibility index (Phi) is 5.67. The average molecular weight is 433 g/mol. The first kappa shape index (κ1) is 21.3. The number of rotatable bonds is 3. The summed E-state index contributed by atoms with van der Waals surface area (Å²) in [5.41, 5.74) is 2.17. The topological polar surface area (TPSA) is 76.7 Å². The van der Waals surface area contributed by atoms with Crippen LogP contribution in [0.3, 0.4) is 0 Å². The standard InChI is InChI=1S/C22H32N4O3S/c1-15-11-16(2)14-26(13-15)30(28,29)18-5-6-20-19(12-18)17(3)21(23-20)22(27)25-9-7-24(4)8-10-25/h5-6,12,15-16,23H,7-11,13-14H2,1-4H3. The van der Waals surface area contributed by atoms with E-state index >= 15 is 0 Å². The van der Waals surface area contributed by atoms with Crippen molar-refractivity contribution < 1.29 is 13.2 Å². The number of piperidine rings is 1. The SMILES string of the molecule is Cc1c(C(=O)N2CCN(C)CC2)[nH]c2ccc(S(=O)(=O)N3CC(C)CC(C)C3)cc12. The smallest absolute Gasteiger partial charge is 0.270 e. The van der Waals surface area contributed by atoms with E-state index in [0.717, 1.165) is 36.0 Å². The van der Waals surface area contributed by atoms with Crippen LogP contribution in [0.25, 0.3) is 10.9 Å². The minimum Gasteiger partial charge on any atom is -0.350 e. The fraction of sp³-hybridized carbons (Fsp3) is 0.591. The minimum atomic E-state index is -3.56. The summed E-state index contributed by atoms with van der Waals surface area (Å²) in [6.45, 7) is 10.4. The van der Waals surface area contributed by atoms with Gasteiger partial charge in [-0.15, -0.1) is 0 Å². The Morgan fingerprint density at radius 3 is 2.33 bits per heavy atom. The number of likely N-dealkylation sites (N-methyl/N-ethyl adjacent to an activating group) is 1. The van der Waals surface area contributed by atoms with Crippen molar-refractivity contribution in [1.82, 2.24) is 19.1 Å². The van der Waals surface area contributed by atoms with Crippen LogP contribution in [0.5, 0.6) is 0 Å². The molecule has 2 aromatic rings. The lowest BCUT2D eigenvalue weighted by molar-refractivity contribution is 0.0658. The van der Waals surface area contributed by atoms with Gasteiger partial charge in [-0.05, 0) is 56.0 Å². The number of hydrogen-bond donors (Lipinski definition) is 1. The van der Waals surface area contributed by atoms with Crippen LogP contribution in [0.2, 0.25) is 0 Å². The van der Waals surface area contributed by atoms with Gasteiger partial charge in [0.15, 0.2) is 0 Å². The Morgan fingerprint density at radius 1 is 1.07 bits per heavy atom. The Labute approximate surface area is 179 Å². The average Bonchev–Trinajstić information content (AvgIpc) is 3.03. The van der Waals surface area contributed by atoms with Gasteiger partial charge in [0.1, 0.15) is 5.69 Å². The zero-order valence-corrected chi connectivity index (χ0v) is 19.1. The summed E-state index contributed by atoms with van der Waals surface area (Å²) in [7, 11) is -1.50. The molecule has 1 aromatic carbocycles. The highest BCUT2D eigenvalue weighted by molar-refractivity contribution is 7.89. The van der Waals surface area contributed by atoms with Gasteiger partial charge < -0.3 is 14.8 Å². The molecule has 0 bridgehead atoms. The predicted molar refractivity (Wildman–Crippen MR) is 118 cm³/mol. The van der Waals surface area contributed by atoms with Gasteiger partial charge in [0.25, 0.3) is 5.91 Å². The van der Waals surface area contributed by atoms with Gasteiger partial charge in [0, 0.05) is 50.2 Å². The van der Waals surface area contributed by atoms with Gasteiger partial charge >= 0.3 is 0 Å². The monoisotopic (exact) mass is 432 g/mol. The Hall–Kier alpha value is -1.90. The maximum atomic E-state index is 13.3. The maximum Gasteiger partial charge on any atom is 0.270 e. The number of carbonyl (C=O) groups is 1. The number of H-pyrrole nitrogens is 1. The lowest BCUT2D eigenvalue weighted by atomic mass is 9.94. The van der Waals surface area contributed by atoms with Gasteiger partial charge in [-0.2, -0.15) is 4.31 Å². The fourth-order valence-electron chi connectivity index (χ4n) is 4.80. The zero-order chi connectivity index (χ0) is 21.6. The van der Waals surface area contributed by atoms with Crippen molar-refractivity contribution in [1.29, 1.82) is 0 Å². The van der Waals surface area contributed by atoms with E-state index < -0.39 is 10.0 Å². The van der Waals surface area contributed by atoms with Crippen LogP contribution < -0.4 is 0 Å². The third-order valence-electron chi connectivity index (χ3n) is 6.51. The van der Waals surface area contributed by atoms with Crippen molar-refractivity contribution in [2.24, 2.45) is 11.8 Å². The quantitative estimate of drug-likeness (QED) is 0.809. The number of carbonyl (C=O) groups excluding carboxylic acids is 1. The highest BCUT2D eigenvalue weighted by Gasteiger charge is 2.32. The van der Waals surface area contributed by atoms with Crippen LogP contribution in [-0.2, 0) is 10.0 Å². The third kappa shape index (κ3) is 3.88. The van der Waals surface area contributed by atoms with Crippen LogP contribution >= 0.6 is 0 Å². The molecule has 1 amide bonds. The molecule has 2 saturated heterocycles. The van der Waals surface area contributed by atoms with Crippen molar-refractivity contribution in [2.75, 3.05) is 46.3 Å². The largest absolute Gasteiger partial charge is 0.350 e. The number of benzene rings is 1. The lowest BCUT2D eigenvalue weighted by Crippen LogP contribution is -2.47. The second-order valence-electron chi connectivity index (χ2n) is 9.20. The molecule has 4 rings (SSSR count). The third-order valence-corrected chi connectivity index (χ3v) is 8.33. The molecule has 2 aliphatic heterocycles. The maximum absolute atomic E-state index is 13.3. The van der Waals surface area contributed by atoms with Crippen molar-refractivity contribution in [3.05, 3.63) is 29.5 Å². The number of aromatic nitrogens is 1. The highest BCUT2D eigenvalue weighted by atomic mass is 32.2. The van der Waals surface area contributed by atoms with E-state index in [4.69, 9.17) is 0 Å². The van der Waals surface area contributed by atoms with Gasteiger partial charge in [0.2, 0.25) is 10.0 Å². The molecular weight excluding hydrogens is 400 g/mol. The molecule has 164 valence electrons. The first-order chi connectivity index (χ1) is 14.2. The number of nitrogens with zero attached hydrogens (tertiary/aromatic N) is 3. The normalized spacial score (nSPS) is 24.5. The summed E-state index contributed by atoms with van der Waals surface area (Å²) >= 11 is 0. The van der Waals surface area contributed by atoms with Crippen LogP contribution in [0.4, 0.5) is 0 Å². The number of piperazine rings is 1. The zero-order valence-electron chi connectivity index (χ0n) is 18.3.